The van der Waals surface area contributed by atoms with E-state index < -0.39 is 0 Å². The van der Waals surface area contributed by atoms with Crippen LogP contribution in [0.1, 0.15) is 29.9 Å². The van der Waals surface area contributed by atoms with Gasteiger partial charge in [-0.3, -0.25) is 4.79 Å². The van der Waals surface area contributed by atoms with Crippen LogP contribution in [0.5, 0.6) is 0 Å². The second-order valence-corrected chi connectivity index (χ2v) is 4.42. The van der Waals surface area contributed by atoms with Crippen molar-refractivity contribution in [2.45, 2.75) is 20.8 Å². The van der Waals surface area contributed by atoms with Crippen molar-refractivity contribution in [2.24, 2.45) is 0 Å². The lowest BCUT2D eigenvalue weighted by atomic mass is 10.1. The molecular weight excluding hydrogens is 256 g/mol. The SMILES string of the molecule is CCN(CC)c1ccc(NC(=O)c2cnon2)c(C)c1. The van der Waals surface area contributed by atoms with Gasteiger partial charge in [-0.1, -0.05) is 5.16 Å². The van der Waals surface area contributed by atoms with E-state index in [1.807, 2.05) is 19.1 Å². The first kappa shape index (κ1) is 14.0. The second kappa shape index (κ2) is 6.18. The molecule has 1 aromatic carbocycles. The van der Waals surface area contributed by atoms with Crippen LogP contribution in [0.15, 0.2) is 29.0 Å². The van der Waals surface area contributed by atoms with Gasteiger partial charge in [-0.15, -0.1) is 0 Å². The Bertz CT molecular complexity index is 577. The average molecular weight is 274 g/mol. The van der Waals surface area contributed by atoms with Crippen molar-refractivity contribution < 1.29 is 9.42 Å². The number of carbonyl (C=O) groups excluding carboxylic acids is 1. The van der Waals surface area contributed by atoms with E-state index in [4.69, 9.17) is 0 Å². The van der Waals surface area contributed by atoms with Crippen LogP contribution in [0.4, 0.5) is 11.4 Å². The van der Waals surface area contributed by atoms with Gasteiger partial charge in [0, 0.05) is 24.5 Å². The minimum Gasteiger partial charge on any atom is -0.372 e. The quantitative estimate of drug-likeness (QED) is 0.907. The van der Waals surface area contributed by atoms with Crippen molar-refractivity contribution in [3.8, 4) is 0 Å². The van der Waals surface area contributed by atoms with Crippen LogP contribution < -0.4 is 10.2 Å². The summed E-state index contributed by atoms with van der Waals surface area (Å²) in [6.07, 6.45) is 1.29. The van der Waals surface area contributed by atoms with Crippen LogP contribution in [0.25, 0.3) is 0 Å². The Morgan fingerprint density at radius 3 is 2.65 bits per heavy atom. The first-order chi connectivity index (χ1) is 9.65. The Labute approximate surface area is 117 Å². The van der Waals surface area contributed by atoms with E-state index in [1.54, 1.807) is 0 Å². The number of amides is 1. The van der Waals surface area contributed by atoms with E-state index in [-0.39, 0.29) is 11.6 Å². The topological polar surface area (TPSA) is 71.3 Å². The highest BCUT2D eigenvalue weighted by Gasteiger charge is 2.12. The third-order valence-electron chi connectivity index (χ3n) is 3.18. The van der Waals surface area contributed by atoms with Crippen LogP contribution in [0, 0.1) is 6.92 Å². The van der Waals surface area contributed by atoms with Crippen LogP contribution in [-0.4, -0.2) is 29.3 Å². The molecule has 0 aliphatic carbocycles. The summed E-state index contributed by atoms with van der Waals surface area (Å²) in [6, 6.07) is 5.95. The molecule has 0 bridgehead atoms. The van der Waals surface area contributed by atoms with Crippen molar-refractivity contribution in [3.05, 3.63) is 35.7 Å². The molecule has 1 amide bonds. The largest absolute Gasteiger partial charge is 0.372 e. The fourth-order valence-electron chi connectivity index (χ4n) is 2.02. The summed E-state index contributed by atoms with van der Waals surface area (Å²) in [6.45, 7) is 8.10. The lowest BCUT2D eigenvalue weighted by Crippen LogP contribution is -2.22. The van der Waals surface area contributed by atoms with Crippen molar-refractivity contribution in [2.75, 3.05) is 23.3 Å². The maximum absolute atomic E-state index is 11.9. The number of nitrogens with zero attached hydrogens (tertiary/aromatic N) is 3. The summed E-state index contributed by atoms with van der Waals surface area (Å²) in [5.41, 5.74) is 3.07. The van der Waals surface area contributed by atoms with Crippen molar-refractivity contribution in [1.29, 1.82) is 0 Å². The van der Waals surface area contributed by atoms with Gasteiger partial charge in [-0.05, 0) is 49.7 Å². The molecule has 1 heterocycles. The summed E-state index contributed by atoms with van der Waals surface area (Å²) in [5.74, 6) is -0.329. The fourth-order valence-corrected chi connectivity index (χ4v) is 2.02. The molecule has 2 aromatic rings. The highest BCUT2D eigenvalue weighted by atomic mass is 16.6. The molecular formula is C14H18N4O2. The van der Waals surface area contributed by atoms with E-state index in [1.165, 1.54) is 6.20 Å². The molecule has 106 valence electrons. The van der Waals surface area contributed by atoms with Gasteiger partial charge >= 0.3 is 0 Å². The summed E-state index contributed by atoms with van der Waals surface area (Å²) >= 11 is 0. The Morgan fingerprint density at radius 2 is 2.10 bits per heavy atom. The maximum atomic E-state index is 11.9. The Hall–Kier alpha value is -2.37. The Balaban J connectivity index is 2.16. The van der Waals surface area contributed by atoms with Crippen LogP contribution in [-0.2, 0) is 0 Å². The van der Waals surface area contributed by atoms with E-state index in [2.05, 4.69) is 45.1 Å². The Morgan fingerprint density at radius 1 is 1.35 bits per heavy atom. The minimum atomic E-state index is -0.329. The standard InChI is InChI=1S/C14H18N4O2/c1-4-18(5-2)11-6-7-12(10(3)8-11)16-14(19)13-9-15-20-17-13/h6-9H,4-5H2,1-3H3,(H,16,19). The fraction of sp³-hybridized carbons (Fsp3) is 0.357. The number of rotatable bonds is 5. The molecule has 1 N–H and O–H groups in total. The number of benzene rings is 1. The lowest BCUT2D eigenvalue weighted by Gasteiger charge is -2.22. The summed E-state index contributed by atoms with van der Waals surface area (Å²) in [5, 5.41) is 9.72. The number of hydrogen-bond donors (Lipinski definition) is 1. The predicted molar refractivity (Wildman–Crippen MR) is 77.0 cm³/mol. The number of anilines is 2. The number of hydrogen-bond acceptors (Lipinski definition) is 5. The van der Waals surface area contributed by atoms with Gasteiger partial charge in [0.2, 0.25) is 0 Å². The molecule has 6 nitrogen and oxygen atoms in total. The van der Waals surface area contributed by atoms with Crippen LogP contribution in [0.2, 0.25) is 0 Å². The smallest absolute Gasteiger partial charge is 0.279 e. The van der Waals surface area contributed by atoms with Gasteiger partial charge in [0.05, 0.1) is 0 Å². The van der Waals surface area contributed by atoms with E-state index in [0.717, 1.165) is 30.0 Å². The molecule has 0 atom stereocenters. The van der Waals surface area contributed by atoms with Gasteiger partial charge in [-0.2, -0.15) is 0 Å². The second-order valence-electron chi connectivity index (χ2n) is 4.42. The zero-order chi connectivity index (χ0) is 14.5. The number of aromatic nitrogens is 2. The number of carbonyl (C=O) groups is 1. The molecule has 0 radical (unpaired) electrons. The molecule has 20 heavy (non-hydrogen) atoms. The predicted octanol–water partition coefficient (Wildman–Crippen LogP) is 2.48. The van der Waals surface area contributed by atoms with Gasteiger partial charge in [0.25, 0.3) is 5.91 Å². The van der Waals surface area contributed by atoms with Crippen molar-refractivity contribution in [1.82, 2.24) is 10.3 Å². The number of aryl methyl sites for hydroxylation is 1. The van der Waals surface area contributed by atoms with Gasteiger partial charge in [0.1, 0.15) is 6.20 Å². The van der Waals surface area contributed by atoms with E-state index in [9.17, 15) is 4.79 Å². The van der Waals surface area contributed by atoms with Crippen molar-refractivity contribution >= 4 is 17.3 Å². The van der Waals surface area contributed by atoms with Crippen molar-refractivity contribution in [3.63, 3.8) is 0 Å². The van der Waals surface area contributed by atoms with Gasteiger partial charge < -0.3 is 10.2 Å². The van der Waals surface area contributed by atoms with Gasteiger partial charge in [0.15, 0.2) is 5.69 Å². The first-order valence-electron chi connectivity index (χ1n) is 6.60. The molecule has 0 fully saturated rings. The third kappa shape index (κ3) is 2.96. The monoisotopic (exact) mass is 274 g/mol. The van der Waals surface area contributed by atoms with E-state index in [0.29, 0.717) is 0 Å². The lowest BCUT2D eigenvalue weighted by molar-refractivity contribution is 0.101. The van der Waals surface area contributed by atoms with Crippen LogP contribution in [0.3, 0.4) is 0 Å². The summed E-state index contributed by atoms with van der Waals surface area (Å²) < 4.78 is 4.42. The zero-order valence-corrected chi connectivity index (χ0v) is 11.9. The zero-order valence-electron chi connectivity index (χ0n) is 11.9. The molecule has 1 aromatic heterocycles. The average Bonchev–Trinajstić information content (AvgIpc) is 2.97. The van der Waals surface area contributed by atoms with Crippen LogP contribution >= 0.6 is 0 Å². The highest BCUT2D eigenvalue weighted by Crippen LogP contribution is 2.23. The molecule has 0 aliphatic rings. The number of nitrogens with one attached hydrogen (secondary N) is 1. The Kier molecular flexibility index (Phi) is 4.34. The maximum Gasteiger partial charge on any atom is 0.279 e. The molecule has 0 saturated carbocycles. The molecule has 0 spiro atoms. The highest BCUT2D eigenvalue weighted by molar-refractivity contribution is 6.03. The van der Waals surface area contributed by atoms with E-state index >= 15 is 0 Å². The summed E-state index contributed by atoms with van der Waals surface area (Å²) in [4.78, 5) is 14.1. The van der Waals surface area contributed by atoms with Gasteiger partial charge in [-0.25, -0.2) is 4.63 Å². The molecule has 2 rings (SSSR count). The molecule has 0 aliphatic heterocycles. The molecule has 0 saturated heterocycles. The summed E-state index contributed by atoms with van der Waals surface area (Å²) in [7, 11) is 0. The normalized spacial score (nSPS) is 10.3. The third-order valence-corrected chi connectivity index (χ3v) is 3.18. The minimum absolute atomic E-state index is 0.164. The molecule has 6 heteroatoms. The molecule has 0 unspecified atom stereocenters. The first-order valence-corrected chi connectivity index (χ1v) is 6.60.